The fourth-order valence-corrected chi connectivity index (χ4v) is 3.10. The molecule has 0 unspecified atom stereocenters. The number of rotatable bonds is 2. The zero-order valence-corrected chi connectivity index (χ0v) is 14.3. The topological polar surface area (TPSA) is 82.0 Å². The smallest absolute Gasteiger partial charge is 0.255 e. The van der Waals surface area contributed by atoms with Crippen molar-refractivity contribution in [2.45, 2.75) is 6.92 Å². The van der Waals surface area contributed by atoms with Crippen LogP contribution in [0.5, 0.6) is 0 Å². The summed E-state index contributed by atoms with van der Waals surface area (Å²) < 4.78 is 11.3. The van der Waals surface area contributed by atoms with Gasteiger partial charge in [-0.05, 0) is 31.2 Å². The average molecular weight is 355 g/mol. The highest BCUT2D eigenvalue weighted by molar-refractivity contribution is 5.83. The largest absolute Gasteiger partial charge is 0.463 e. The monoisotopic (exact) mass is 355 g/mol. The van der Waals surface area contributed by atoms with Gasteiger partial charge in [0.15, 0.2) is 0 Å². The lowest BCUT2D eigenvalue weighted by Gasteiger charge is -2.03. The number of benzene rings is 2. The molecule has 0 atom stereocenters. The summed E-state index contributed by atoms with van der Waals surface area (Å²) in [5.74, 6) is 0.436. The van der Waals surface area contributed by atoms with Gasteiger partial charge in [-0.15, -0.1) is 10.2 Å². The molecule has 130 valence electrons. The average Bonchev–Trinajstić information content (AvgIpc) is 3.17. The van der Waals surface area contributed by atoms with Gasteiger partial charge in [0.2, 0.25) is 11.3 Å². The third-order valence-electron chi connectivity index (χ3n) is 4.48. The highest BCUT2D eigenvalue weighted by Crippen LogP contribution is 2.27. The summed E-state index contributed by atoms with van der Waals surface area (Å²) in [4.78, 5) is 17.3. The summed E-state index contributed by atoms with van der Waals surface area (Å²) in [6.45, 7) is 1.88. The Morgan fingerprint density at radius 2 is 1.63 bits per heavy atom. The Morgan fingerprint density at radius 1 is 0.889 bits per heavy atom. The number of aryl methyl sites for hydroxylation is 1. The Bertz CT molecular complexity index is 1370. The summed E-state index contributed by atoms with van der Waals surface area (Å²) in [5, 5.41) is 9.61. The highest BCUT2D eigenvalue weighted by atomic mass is 16.4. The maximum atomic E-state index is 12.7. The minimum absolute atomic E-state index is 0.122. The number of aromatic nitrogens is 3. The summed E-state index contributed by atoms with van der Waals surface area (Å²) >= 11 is 0. The van der Waals surface area contributed by atoms with Crippen molar-refractivity contribution in [2.24, 2.45) is 0 Å². The van der Waals surface area contributed by atoms with Crippen LogP contribution in [0.1, 0.15) is 5.69 Å². The molecule has 2 aromatic carbocycles. The number of fused-ring (bicyclic) bond motifs is 2. The molecule has 6 nitrogen and oxygen atoms in total. The van der Waals surface area contributed by atoms with Crippen LogP contribution in [0.2, 0.25) is 0 Å². The van der Waals surface area contributed by atoms with E-state index in [9.17, 15) is 4.79 Å². The van der Waals surface area contributed by atoms with Gasteiger partial charge in [0.1, 0.15) is 17.4 Å². The lowest BCUT2D eigenvalue weighted by Crippen LogP contribution is -2.04. The van der Waals surface area contributed by atoms with Crippen LogP contribution in [-0.2, 0) is 0 Å². The van der Waals surface area contributed by atoms with Gasteiger partial charge in [-0.1, -0.05) is 30.3 Å². The minimum Gasteiger partial charge on any atom is -0.463 e. The zero-order valence-electron chi connectivity index (χ0n) is 14.3. The van der Waals surface area contributed by atoms with Gasteiger partial charge in [0.25, 0.3) is 5.89 Å². The molecule has 0 saturated carbocycles. The predicted octanol–water partition coefficient (Wildman–Crippen LogP) is 4.37. The maximum Gasteiger partial charge on any atom is 0.255 e. The lowest BCUT2D eigenvalue weighted by molar-refractivity contribution is 0.569. The van der Waals surface area contributed by atoms with E-state index in [1.807, 2.05) is 43.3 Å². The molecule has 0 N–H and O–H groups in total. The van der Waals surface area contributed by atoms with Crippen LogP contribution in [0, 0.1) is 6.92 Å². The maximum absolute atomic E-state index is 12.7. The van der Waals surface area contributed by atoms with Crippen LogP contribution in [0.25, 0.3) is 44.8 Å². The number of para-hydroxylation sites is 2. The molecule has 5 rings (SSSR count). The first-order chi connectivity index (χ1) is 13.2. The molecule has 5 aromatic rings. The summed E-state index contributed by atoms with van der Waals surface area (Å²) in [6.07, 6.45) is 1.35. The van der Waals surface area contributed by atoms with Crippen molar-refractivity contribution in [1.29, 1.82) is 0 Å². The van der Waals surface area contributed by atoms with E-state index in [1.165, 1.54) is 6.26 Å². The number of hydrogen-bond donors (Lipinski definition) is 0. The van der Waals surface area contributed by atoms with Gasteiger partial charge in [-0.25, -0.2) is 0 Å². The Hall–Kier alpha value is -3.80. The fraction of sp³-hybridized carbons (Fsp3) is 0.0476. The molecule has 27 heavy (non-hydrogen) atoms. The third-order valence-corrected chi connectivity index (χ3v) is 4.48. The Morgan fingerprint density at radius 3 is 2.52 bits per heavy atom. The fourth-order valence-electron chi connectivity index (χ4n) is 3.10. The van der Waals surface area contributed by atoms with E-state index in [0.29, 0.717) is 16.9 Å². The Balaban J connectivity index is 1.64. The lowest BCUT2D eigenvalue weighted by atomic mass is 10.1. The summed E-state index contributed by atoms with van der Waals surface area (Å²) in [6, 6.07) is 16.8. The minimum atomic E-state index is -0.208. The molecular formula is C21H13N3O3. The van der Waals surface area contributed by atoms with Crippen molar-refractivity contribution in [1.82, 2.24) is 15.2 Å². The molecule has 0 bridgehead atoms. The van der Waals surface area contributed by atoms with Crippen molar-refractivity contribution in [3.8, 4) is 22.9 Å². The molecule has 3 aromatic heterocycles. The second-order valence-electron chi connectivity index (χ2n) is 6.20. The van der Waals surface area contributed by atoms with E-state index >= 15 is 0 Å². The van der Waals surface area contributed by atoms with Gasteiger partial charge < -0.3 is 8.83 Å². The first-order valence-corrected chi connectivity index (χ1v) is 8.42. The molecule has 0 saturated heterocycles. The summed E-state index contributed by atoms with van der Waals surface area (Å²) in [7, 11) is 0. The zero-order chi connectivity index (χ0) is 18.4. The van der Waals surface area contributed by atoms with Crippen molar-refractivity contribution < 1.29 is 8.83 Å². The molecule has 0 spiro atoms. The Labute approximate surface area is 153 Å². The van der Waals surface area contributed by atoms with Crippen LogP contribution in [-0.4, -0.2) is 15.2 Å². The third kappa shape index (κ3) is 2.50. The van der Waals surface area contributed by atoms with Gasteiger partial charge >= 0.3 is 0 Å². The SMILES string of the molecule is Cc1nc2ccccc2cc1-c1nnc(-c2coc3ccccc3c2=O)o1. The van der Waals surface area contributed by atoms with E-state index in [4.69, 9.17) is 8.83 Å². The van der Waals surface area contributed by atoms with Crippen LogP contribution in [0.3, 0.4) is 0 Å². The second kappa shape index (κ2) is 5.88. The van der Waals surface area contributed by atoms with Gasteiger partial charge in [-0.2, -0.15) is 0 Å². The Kier molecular flexibility index (Phi) is 3.36. The molecule has 0 aliphatic heterocycles. The molecule has 0 aliphatic carbocycles. The standard InChI is InChI=1S/C21H13N3O3/c1-12-15(10-13-6-2-4-8-17(13)22-12)20-23-24-21(27-20)16-11-26-18-9-5-3-7-14(18)19(16)25/h2-11H,1H3. The number of nitrogens with zero attached hydrogens (tertiary/aromatic N) is 3. The van der Waals surface area contributed by atoms with Crippen molar-refractivity contribution in [3.63, 3.8) is 0 Å². The molecule has 0 radical (unpaired) electrons. The van der Waals surface area contributed by atoms with E-state index in [0.717, 1.165) is 22.2 Å². The predicted molar refractivity (Wildman–Crippen MR) is 101 cm³/mol. The van der Waals surface area contributed by atoms with Crippen molar-refractivity contribution >= 4 is 21.9 Å². The van der Waals surface area contributed by atoms with E-state index in [1.54, 1.807) is 18.2 Å². The molecular weight excluding hydrogens is 342 g/mol. The van der Waals surface area contributed by atoms with Crippen LogP contribution in [0.15, 0.2) is 74.5 Å². The van der Waals surface area contributed by atoms with Gasteiger partial charge in [-0.3, -0.25) is 9.78 Å². The van der Waals surface area contributed by atoms with Crippen molar-refractivity contribution in [3.05, 3.63) is 76.8 Å². The molecule has 0 amide bonds. The summed E-state index contributed by atoms with van der Waals surface area (Å²) in [5.41, 5.74) is 2.94. The van der Waals surface area contributed by atoms with Gasteiger partial charge in [0.05, 0.1) is 22.2 Å². The number of pyridine rings is 1. The van der Waals surface area contributed by atoms with E-state index in [2.05, 4.69) is 15.2 Å². The van der Waals surface area contributed by atoms with E-state index < -0.39 is 0 Å². The van der Waals surface area contributed by atoms with Crippen LogP contribution in [0.4, 0.5) is 0 Å². The van der Waals surface area contributed by atoms with Crippen LogP contribution >= 0.6 is 0 Å². The number of hydrogen-bond acceptors (Lipinski definition) is 6. The second-order valence-corrected chi connectivity index (χ2v) is 6.20. The molecule has 3 heterocycles. The highest BCUT2D eigenvalue weighted by Gasteiger charge is 2.18. The molecule has 6 heteroatoms. The normalized spacial score (nSPS) is 11.3. The first kappa shape index (κ1) is 15.5. The first-order valence-electron chi connectivity index (χ1n) is 8.42. The van der Waals surface area contributed by atoms with Crippen molar-refractivity contribution in [2.75, 3.05) is 0 Å². The van der Waals surface area contributed by atoms with E-state index in [-0.39, 0.29) is 16.9 Å². The quantitative estimate of drug-likeness (QED) is 0.468. The molecule has 0 aliphatic rings. The van der Waals surface area contributed by atoms with Crippen LogP contribution < -0.4 is 5.43 Å². The molecule has 0 fully saturated rings. The van der Waals surface area contributed by atoms with Gasteiger partial charge in [0, 0.05) is 5.39 Å².